The van der Waals surface area contributed by atoms with Gasteiger partial charge in [-0.3, -0.25) is 9.69 Å². The molecule has 0 spiro atoms. The molecule has 2 aliphatic rings. The van der Waals surface area contributed by atoms with Crippen molar-refractivity contribution in [3.05, 3.63) is 52.6 Å². The molecule has 0 radical (unpaired) electrons. The van der Waals surface area contributed by atoms with E-state index in [9.17, 15) is 9.59 Å². The highest BCUT2D eigenvalue weighted by Crippen LogP contribution is 2.37. The molecule has 7 heteroatoms. The summed E-state index contributed by atoms with van der Waals surface area (Å²) in [6, 6.07) is 10.3. The summed E-state index contributed by atoms with van der Waals surface area (Å²) < 4.78 is 6.47. The van der Waals surface area contributed by atoms with Crippen molar-refractivity contribution in [1.29, 1.82) is 0 Å². The van der Waals surface area contributed by atoms with Gasteiger partial charge in [-0.05, 0) is 37.1 Å². The minimum absolute atomic E-state index is 0.0364. The zero-order valence-corrected chi connectivity index (χ0v) is 16.7. The minimum Gasteiger partial charge on any atom is -0.478 e. The van der Waals surface area contributed by atoms with Crippen molar-refractivity contribution >= 4 is 46.3 Å². The standard InChI is InChI=1S/C21H19NO4S2/c23-19-18(28-21(27)22(19)15-4-2-1-3-5-15)12-16-10-11-17(26-16)13-6-8-14(9-7-13)20(24)25/h6-12,15H,1-5H2,(H,24,25)/b18-12+. The Labute approximate surface area is 172 Å². The minimum atomic E-state index is -0.966. The molecule has 1 aromatic carbocycles. The molecule has 2 fully saturated rings. The van der Waals surface area contributed by atoms with Gasteiger partial charge in [0, 0.05) is 17.7 Å². The summed E-state index contributed by atoms with van der Waals surface area (Å²) in [4.78, 5) is 26.2. The highest BCUT2D eigenvalue weighted by atomic mass is 32.2. The van der Waals surface area contributed by atoms with E-state index in [0.717, 1.165) is 31.2 Å². The zero-order valence-electron chi connectivity index (χ0n) is 15.1. The number of benzene rings is 1. The van der Waals surface area contributed by atoms with Crippen LogP contribution in [0, 0.1) is 0 Å². The Kier molecular flexibility index (Phi) is 5.37. The Hall–Kier alpha value is -2.38. The van der Waals surface area contributed by atoms with Gasteiger partial charge in [0.15, 0.2) is 0 Å². The molecular weight excluding hydrogens is 394 g/mol. The first-order valence-corrected chi connectivity index (χ1v) is 10.5. The lowest BCUT2D eigenvalue weighted by molar-refractivity contribution is -0.124. The molecule has 4 rings (SSSR count). The van der Waals surface area contributed by atoms with Crippen molar-refractivity contribution < 1.29 is 19.1 Å². The zero-order chi connectivity index (χ0) is 19.7. The summed E-state index contributed by atoms with van der Waals surface area (Å²) in [5.74, 6) is 0.185. The highest BCUT2D eigenvalue weighted by molar-refractivity contribution is 8.26. The number of thioether (sulfide) groups is 1. The van der Waals surface area contributed by atoms with Gasteiger partial charge >= 0.3 is 5.97 Å². The Morgan fingerprint density at radius 1 is 1.14 bits per heavy atom. The normalized spacial score (nSPS) is 19.6. The Morgan fingerprint density at radius 3 is 2.54 bits per heavy atom. The number of nitrogens with zero attached hydrogens (tertiary/aromatic N) is 1. The molecular formula is C21H19NO4S2. The number of hydrogen-bond donors (Lipinski definition) is 1. The van der Waals surface area contributed by atoms with Crippen LogP contribution in [0.3, 0.4) is 0 Å². The van der Waals surface area contributed by atoms with Crippen LogP contribution in [0.15, 0.2) is 45.7 Å². The molecule has 2 aromatic rings. The van der Waals surface area contributed by atoms with Crippen molar-refractivity contribution in [2.24, 2.45) is 0 Å². The van der Waals surface area contributed by atoms with E-state index >= 15 is 0 Å². The van der Waals surface area contributed by atoms with E-state index in [2.05, 4.69) is 0 Å². The predicted molar refractivity (Wildman–Crippen MR) is 113 cm³/mol. The van der Waals surface area contributed by atoms with Crippen LogP contribution in [-0.2, 0) is 4.79 Å². The van der Waals surface area contributed by atoms with Crippen molar-refractivity contribution in [1.82, 2.24) is 4.90 Å². The Bertz CT molecular complexity index is 955. The third-order valence-electron chi connectivity index (χ3n) is 5.08. The SMILES string of the molecule is O=C(O)c1ccc(-c2ccc(/C=C3/SC(=S)N(C4CCCCC4)C3=O)o2)cc1. The molecule has 1 saturated heterocycles. The molecule has 0 bridgehead atoms. The summed E-state index contributed by atoms with van der Waals surface area (Å²) in [6.07, 6.45) is 7.26. The van der Waals surface area contributed by atoms with Gasteiger partial charge in [0.25, 0.3) is 5.91 Å². The number of carboxylic acid groups (broad SMARTS) is 1. The first-order chi connectivity index (χ1) is 13.5. The predicted octanol–water partition coefficient (Wildman–Crippen LogP) is 5.18. The van der Waals surface area contributed by atoms with E-state index in [-0.39, 0.29) is 17.5 Å². The van der Waals surface area contributed by atoms with Crippen LogP contribution < -0.4 is 0 Å². The van der Waals surface area contributed by atoms with Crippen LogP contribution in [0.25, 0.3) is 17.4 Å². The van der Waals surface area contributed by atoms with Gasteiger partial charge in [-0.15, -0.1) is 0 Å². The fraction of sp³-hybridized carbons (Fsp3) is 0.286. The topological polar surface area (TPSA) is 70.8 Å². The number of amides is 1. The number of aromatic carboxylic acids is 1. The highest BCUT2D eigenvalue weighted by Gasteiger charge is 2.37. The lowest BCUT2D eigenvalue weighted by atomic mass is 9.94. The summed E-state index contributed by atoms with van der Waals surface area (Å²) in [6.45, 7) is 0. The largest absolute Gasteiger partial charge is 0.478 e. The molecule has 1 saturated carbocycles. The van der Waals surface area contributed by atoms with Crippen molar-refractivity contribution in [3.63, 3.8) is 0 Å². The second-order valence-corrected chi connectivity index (χ2v) is 8.60. The van der Waals surface area contributed by atoms with E-state index in [1.165, 1.54) is 30.3 Å². The molecule has 2 heterocycles. The lowest BCUT2D eigenvalue weighted by Gasteiger charge is -2.29. The lowest BCUT2D eigenvalue weighted by Crippen LogP contribution is -2.39. The number of carboxylic acids is 1. The van der Waals surface area contributed by atoms with Crippen LogP contribution in [0.1, 0.15) is 48.2 Å². The molecule has 1 aliphatic carbocycles. The molecule has 1 aromatic heterocycles. The van der Waals surface area contributed by atoms with Gasteiger partial charge in [-0.25, -0.2) is 4.79 Å². The average Bonchev–Trinajstić information content (AvgIpc) is 3.27. The third-order valence-corrected chi connectivity index (χ3v) is 6.41. The van der Waals surface area contributed by atoms with Crippen molar-refractivity contribution in [2.75, 3.05) is 0 Å². The van der Waals surface area contributed by atoms with Crippen molar-refractivity contribution in [2.45, 2.75) is 38.1 Å². The Balaban J connectivity index is 1.52. The molecule has 5 nitrogen and oxygen atoms in total. The second kappa shape index (κ2) is 7.93. The number of furan rings is 1. The van der Waals surface area contributed by atoms with Crippen LogP contribution in [0.2, 0.25) is 0 Å². The maximum Gasteiger partial charge on any atom is 0.335 e. The third kappa shape index (κ3) is 3.77. The summed E-state index contributed by atoms with van der Waals surface area (Å²) >= 11 is 6.78. The first kappa shape index (κ1) is 19.0. The number of thiocarbonyl (C=S) groups is 1. The van der Waals surface area contributed by atoms with Crippen molar-refractivity contribution in [3.8, 4) is 11.3 Å². The monoisotopic (exact) mass is 413 g/mol. The van der Waals surface area contributed by atoms with E-state index in [4.69, 9.17) is 21.7 Å². The van der Waals surface area contributed by atoms with E-state index in [0.29, 0.717) is 20.7 Å². The number of hydrogen-bond acceptors (Lipinski definition) is 5. The van der Waals surface area contributed by atoms with Gasteiger partial charge in [-0.1, -0.05) is 55.4 Å². The maximum atomic E-state index is 12.8. The van der Waals surface area contributed by atoms with E-state index < -0.39 is 5.97 Å². The van der Waals surface area contributed by atoms with Gasteiger partial charge in [0.2, 0.25) is 0 Å². The summed E-state index contributed by atoms with van der Waals surface area (Å²) in [5.41, 5.74) is 1.00. The van der Waals surface area contributed by atoms with Crippen LogP contribution in [0.4, 0.5) is 0 Å². The number of carbonyl (C=O) groups excluding carboxylic acids is 1. The van der Waals surface area contributed by atoms with Gasteiger partial charge in [-0.2, -0.15) is 0 Å². The molecule has 1 aliphatic heterocycles. The van der Waals surface area contributed by atoms with Crippen LogP contribution >= 0.6 is 24.0 Å². The van der Waals surface area contributed by atoms with Crippen LogP contribution in [-0.4, -0.2) is 32.2 Å². The first-order valence-electron chi connectivity index (χ1n) is 9.23. The maximum absolute atomic E-state index is 12.8. The molecule has 1 N–H and O–H groups in total. The smallest absolute Gasteiger partial charge is 0.335 e. The fourth-order valence-corrected chi connectivity index (χ4v) is 5.01. The second-order valence-electron chi connectivity index (χ2n) is 6.93. The fourth-order valence-electron chi connectivity index (χ4n) is 3.63. The van der Waals surface area contributed by atoms with Gasteiger partial charge < -0.3 is 9.52 Å². The Morgan fingerprint density at radius 2 is 1.86 bits per heavy atom. The molecule has 1 amide bonds. The van der Waals surface area contributed by atoms with Crippen LogP contribution in [0.5, 0.6) is 0 Å². The molecule has 144 valence electrons. The summed E-state index contributed by atoms with van der Waals surface area (Å²) in [7, 11) is 0. The van der Waals surface area contributed by atoms with Gasteiger partial charge in [0.05, 0.1) is 10.5 Å². The van der Waals surface area contributed by atoms with E-state index in [1.807, 2.05) is 6.07 Å². The molecule has 28 heavy (non-hydrogen) atoms. The number of rotatable bonds is 4. The number of carbonyl (C=O) groups is 2. The summed E-state index contributed by atoms with van der Waals surface area (Å²) in [5, 5.41) is 8.99. The van der Waals surface area contributed by atoms with Gasteiger partial charge in [0.1, 0.15) is 15.8 Å². The molecule has 0 unspecified atom stereocenters. The quantitative estimate of drug-likeness (QED) is 0.550. The molecule has 0 atom stereocenters. The average molecular weight is 414 g/mol. The van der Waals surface area contributed by atoms with E-state index in [1.54, 1.807) is 29.2 Å².